The second-order valence-electron chi connectivity index (χ2n) is 5.00. The smallest absolute Gasteiger partial charge is 0.143 e. The molecule has 2 heterocycles. The van der Waals surface area contributed by atoms with Gasteiger partial charge in [0.25, 0.3) is 0 Å². The minimum absolute atomic E-state index is 0.938. The Hall–Kier alpha value is -2.88. The summed E-state index contributed by atoms with van der Waals surface area (Å²) in [7, 11) is 0. The van der Waals surface area contributed by atoms with Gasteiger partial charge in [-0.25, -0.2) is 4.68 Å². The number of fused-ring (bicyclic) bond motifs is 2. The number of aliphatic imine (C=N–C) groups is 1. The highest BCUT2D eigenvalue weighted by Crippen LogP contribution is 2.34. The van der Waals surface area contributed by atoms with E-state index in [1.165, 1.54) is 0 Å². The van der Waals surface area contributed by atoms with Crippen molar-refractivity contribution >= 4 is 23.4 Å². The molecule has 4 nitrogen and oxygen atoms in total. The van der Waals surface area contributed by atoms with E-state index in [0.29, 0.717) is 0 Å². The zero-order valence-electron chi connectivity index (χ0n) is 11.6. The first-order valence-electron chi connectivity index (χ1n) is 6.88. The van der Waals surface area contributed by atoms with Crippen molar-refractivity contribution in [1.82, 2.24) is 9.78 Å². The van der Waals surface area contributed by atoms with E-state index in [-0.39, 0.29) is 0 Å². The Balaban J connectivity index is 1.92. The Morgan fingerprint density at radius 1 is 0.952 bits per heavy atom. The lowest BCUT2D eigenvalue weighted by Crippen LogP contribution is -2.03. The van der Waals surface area contributed by atoms with Gasteiger partial charge in [0.2, 0.25) is 0 Å². The molecule has 1 aliphatic rings. The van der Waals surface area contributed by atoms with Crippen molar-refractivity contribution in [2.24, 2.45) is 4.99 Å². The molecule has 1 aromatic heterocycles. The number of aryl methyl sites for hydroxylation is 1. The largest absolute Gasteiger partial charge is 0.338 e. The summed E-state index contributed by atoms with van der Waals surface area (Å²) in [6.45, 7) is 2.00. The molecule has 21 heavy (non-hydrogen) atoms. The van der Waals surface area contributed by atoms with Crippen molar-refractivity contribution < 1.29 is 0 Å². The zero-order chi connectivity index (χ0) is 14.2. The van der Waals surface area contributed by atoms with Crippen molar-refractivity contribution in [2.75, 3.05) is 5.32 Å². The SMILES string of the molecule is Cc1nn(-c2ccccc2)c2c1C=Nc1ccccc1N2. The van der Waals surface area contributed by atoms with Gasteiger partial charge in [-0.15, -0.1) is 0 Å². The van der Waals surface area contributed by atoms with Crippen LogP contribution in [0, 0.1) is 6.92 Å². The summed E-state index contributed by atoms with van der Waals surface area (Å²) in [5, 5.41) is 8.11. The van der Waals surface area contributed by atoms with E-state index in [2.05, 4.69) is 15.4 Å². The lowest BCUT2D eigenvalue weighted by Gasteiger charge is -2.10. The molecule has 2 aromatic carbocycles. The van der Waals surface area contributed by atoms with Crippen molar-refractivity contribution in [3.8, 4) is 5.69 Å². The molecule has 0 amide bonds. The molecule has 0 spiro atoms. The summed E-state index contributed by atoms with van der Waals surface area (Å²) in [6, 6.07) is 18.1. The molecule has 4 rings (SSSR count). The highest BCUT2D eigenvalue weighted by molar-refractivity contribution is 5.95. The van der Waals surface area contributed by atoms with Gasteiger partial charge in [0.05, 0.1) is 28.3 Å². The van der Waals surface area contributed by atoms with Crippen LogP contribution in [0.25, 0.3) is 5.69 Å². The van der Waals surface area contributed by atoms with Gasteiger partial charge >= 0.3 is 0 Å². The van der Waals surface area contributed by atoms with Crippen LogP contribution < -0.4 is 5.32 Å². The minimum Gasteiger partial charge on any atom is -0.338 e. The van der Waals surface area contributed by atoms with E-state index in [1.807, 2.05) is 72.4 Å². The molecule has 102 valence electrons. The summed E-state index contributed by atoms with van der Waals surface area (Å²) in [4.78, 5) is 4.56. The summed E-state index contributed by atoms with van der Waals surface area (Å²) in [6.07, 6.45) is 1.88. The van der Waals surface area contributed by atoms with Crippen LogP contribution in [0.3, 0.4) is 0 Å². The van der Waals surface area contributed by atoms with Gasteiger partial charge in [0.1, 0.15) is 5.82 Å². The second-order valence-corrected chi connectivity index (χ2v) is 5.00. The fourth-order valence-corrected chi connectivity index (χ4v) is 2.52. The lowest BCUT2D eigenvalue weighted by molar-refractivity contribution is 0.869. The van der Waals surface area contributed by atoms with Gasteiger partial charge in [0, 0.05) is 6.21 Å². The Labute approximate surface area is 122 Å². The van der Waals surface area contributed by atoms with Gasteiger partial charge in [-0.1, -0.05) is 30.3 Å². The Morgan fingerprint density at radius 3 is 2.57 bits per heavy atom. The first-order chi connectivity index (χ1) is 10.3. The molecule has 0 aliphatic carbocycles. The third kappa shape index (κ3) is 1.92. The number of anilines is 2. The van der Waals surface area contributed by atoms with Gasteiger partial charge < -0.3 is 5.32 Å². The first kappa shape index (κ1) is 11.9. The van der Waals surface area contributed by atoms with Crippen molar-refractivity contribution in [3.63, 3.8) is 0 Å². The molecule has 3 aromatic rings. The van der Waals surface area contributed by atoms with E-state index >= 15 is 0 Å². The van der Waals surface area contributed by atoms with E-state index in [9.17, 15) is 0 Å². The van der Waals surface area contributed by atoms with E-state index in [4.69, 9.17) is 0 Å². The number of hydrogen-bond acceptors (Lipinski definition) is 3. The van der Waals surface area contributed by atoms with Gasteiger partial charge in [-0.3, -0.25) is 4.99 Å². The van der Waals surface area contributed by atoms with E-state index in [1.54, 1.807) is 0 Å². The highest BCUT2D eigenvalue weighted by atomic mass is 15.3. The molecule has 0 atom stereocenters. The summed E-state index contributed by atoms with van der Waals surface area (Å²) < 4.78 is 1.93. The number of hydrogen-bond donors (Lipinski definition) is 1. The topological polar surface area (TPSA) is 42.2 Å². The average molecular weight is 274 g/mol. The Morgan fingerprint density at radius 2 is 1.71 bits per heavy atom. The van der Waals surface area contributed by atoms with Crippen LogP contribution in [-0.4, -0.2) is 16.0 Å². The number of nitrogens with one attached hydrogen (secondary N) is 1. The van der Waals surface area contributed by atoms with Gasteiger partial charge in [0.15, 0.2) is 0 Å². The monoisotopic (exact) mass is 274 g/mol. The van der Waals surface area contributed by atoms with Crippen LogP contribution in [0.2, 0.25) is 0 Å². The summed E-state index contributed by atoms with van der Waals surface area (Å²) in [5.41, 5.74) is 4.94. The Kier molecular flexibility index (Phi) is 2.60. The van der Waals surface area contributed by atoms with Crippen LogP contribution in [0.5, 0.6) is 0 Å². The molecular formula is C17H14N4. The molecule has 0 unspecified atom stereocenters. The maximum absolute atomic E-state index is 4.64. The number of rotatable bonds is 1. The van der Waals surface area contributed by atoms with Crippen molar-refractivity contribution in [2.45, 2.75) is 6.92 Å². The highest BCUT2D eigenvalue weighted by Gasteiger charge is 2.18. The second kappa shape index (κ2) is 4.59. The third-order valence-corrected chi connectivity index (χ3v) is 3.60. The molecule has 1 aliphatic heterocycles. The third-order valence-electron chi connectivity index (χ3n) is 3.60. The summed E-state index contributed by atoms with van der Waals surface area (Å²) >= 11 is 0. The Bertz CT molecular complexity index is 831. The maximum Gasteiger partial charge on any atom is 0.143 e. The molecule has 0 bridgehead atoms. The van der Waals surface area contributed by atoms with Crippen LogP contribution >= 0.6 is 0 Å². The molecule has 0 saturated carbocycles. The van der Waals surface area contributed by atoms with Crippen LogP contribution in [0.15, 0.2) is 59.6 Å². The predicted octanol–water partition coefficient (Wildman–Crippen LogP) is 3.99. The molecular weight excluding hydrogens is 260 g/mol. The molecule has 0 saturated heterocycles. The standard InChI is InChI=1S/C17H14N4/c1-12-14-11-18-15-9-5-6-10-16(15)19-17(14)21(20-12)13-7-3-2-4-8-13/h2-11,19H,1H3. The normalized spacial score (nSPS) is 12.2. The van der Waals surface area contributed by atoms with Crippen LogP contribution in [-0.2, 0) is 0 Å². The number of nitrogens with zero attached hydrogens (tertiary/aromatic N) is 3. The maximum atomic E-state index is 4.64. The number of aromatic nitrogens is 2. The lowest BCUT2D eigenvalue weighted by atomic mass is 10.2. The van der Waals surface area contributed by atoms with Crippen LogP contribution in [0.4, 0.5) is 17.2 Å². The fourth-order valence-electron chi connectivity index (χ4n) is 2.52. The molecule has 1 N–H and O–H groups in total. The van der Waals surface area contributed by atoms with Crippen LogP contribution in [0.1, 0.15) is 11.3 Å². The summed E-state index contributed by atoms with van der Waals surface area (Å²) in [5.74, 6) is 0.951. The minimum atomic E-state index is 0.938. The van der Waals surface area contributed by atoms with Crippen molar-refractivity contribution in [1.29, 1.82) is 0 Å². The first-order valence-corrected chi connectivity index (χ1v) is 6.88. The number of para-hydroxylation sites is 3. The number of benzene rings is 2. The average Bonchev–Trinajstić information content (AvgIpc) is 2.72. The quantitative estimate of drug-likeness (QED) is 0.570. The fraction of sp³-hybridized carbons (Fsp3) is 0.0588. The van der Waals surface area contributed by atoms with Gasteiger partial charge in [-0.05, 0) is 31.2 Å². The molecule has 4 heteroatoms. The van der Waals surface area contributed by atoms with E-state index < -0.39 is 0 Å². The van der Waals surface area contributed by atoms with Gasteiger partial charge in [-0.2, -0.15) is 5.10 Å². The van der Waals surface area contributed by atoms with Crippen molar-refractivity contribution in [3.05, 3.63) is 65.9 Å². The van der Waals surface area contributed by atoms with E-state index in [0.717, 1.165) is 34.1 Å². The predicted molar refractivity (Wildman–Crippen MR) is 85.3 cm³/mol. The molecule has 0 radical (unpaired) electrons. The zero-order valence-corrected chi connectivity index (χ0v) is 11.6. The molecule has 0 fully saturated rings.